The normalized spacial score (nSPS) is 12.5. The van der Waals surface area contributed by atoms with E-state index in [9.17, 15) is 0 Å². The monoisotopic (exact) mass is 358 g/mol. The number of fused-ring (bicyclic) bond motifs is 1. The molecule has 0 N–H and O–H groups in total. The van der Waals surface area contributed by atoms with Crippen molar-refractivity contribution in [3.8, 4) is 0 Å². The molecule has 3 aromatic rings. The average Bonchev–Trinajstić information content (AvgIpc) is 2.53. The van der Waals surface area contributed by atoms with Crippen LogP contribution in [0, 0.1) is 0 Å². The Balaban J connectivity index is 1.96. The Kier molecular flexibility index (Phi) is 4.32. The van der Waals surface area contributed by atoms with Crippen LogP contribution < -0.4 is 0 Å². The highest BCUT2D eigenvalue weighted by Crippen LogP contribution is 2.31. The van der Waals surface area contributed by atoms with Gasteiger partial charge in [-0.15, -0.1) is 11.6 Å². The van der Waals surface area contributed by atoms with Gasteiger partial charge >= 0.3 is 0 Å². The molecule has 106 valence electrons. The minimum absolute atomic E-state index is 0.107. The van der Waals surface area contributed by atoms with Gasteiger partial charge in [0, 0.05) is 4.47 Å². The van der Waals surface area contributed by atoms with Crippen LogP contribution in [-0.2, 0) is 6.42 Å². The Hall–Kier alpha value is -1.31. The molecule has 0 aliphatic heterocycles. The SMILES string of the molecule is CCc1ccc(C(Cl)c2ccc3cc(Br)ccc3c2)cc1. The summed E-state index contributed by atoms with van der Waals surface area (Å²) >= 11 is 10.2. The Bertz CT molecular complexity index is 762. The highest BCUT2D eigenvalue weighted by atomic mass is 79.9. The molecule has 0 amide bonds. The maximum Gasteiger partial charge on any atom is 0.0835 e. The maximum atomic E-state index is 6.65. The number of rotatable bonds is 3. The lowest BCUT2D eigenvalue weighted by Crippen LogP contribution is -1.94. The van der Waals surface area contributed by atoms with E-state index < -0.39 is 0 Å². The van der Waals surface area contributed by atoms with Gasteiger partial charge in [0.1, 0.15) is 0 Å². The van der Waals surface area contributed by atoms with Gasteiger partial charge in [0.05, 0.1) is 5.38 Å². The molecule has 21 heavy (non-hydrogen) atoms. The van der Waals surface area contributed by atoms with Gasteiger partial charge < -0.3 is 0 Å². The molecule has 0 fully saturated rings. The molecule has 0 radical (unpaired) electrons. The summed E-state index contributed by atoms with van der Waals surface area (Å²) in [5.74, 6) is 0. The van der Waals surface area contributed by atoms with Crippen molar-refractivity contribution in [3.63, 3.8) is 0 Å². The predicted octanol–water partition coefficient (Wildman–Crippen LogP) is 6.49. The topological polar surface area (TPSA) is 0 Å². The summed E-state index contributed by atoms with van der Waals surface area (Å²) in [6.07, 6.45) is 1.05. The van der Waals surface area contributed by atoms with E-state index in [1.54, 1.807) is 0 Å². The van der Waals surface area contributed by atoms with Crippen LogP contribution >= 0.6 is 27.5 Å². The first kappa shape index (κ1) is 14.6. The summed E-state index contributed by atoms with van der Waals surface area (Å²) in [5.41, 5.74) is 3.62. The summed E-state index contributed by atoms with van der Waals surface area (Å²) in [6.45, 7) is 2.16. The Labute approximate surface area is 138 Å². The van der Waals surface area contributed by atoms with Crippen molar-refractivity contribution in [2.24, 2.45) is 0 Å². The molecule has 3 aromatic carbocycles. The fourth-order valence-corrected chi connectivity index (χ4v) is 3.17. The lowest BCUT2D eigenvalue weighted by molar-refractivity contribution is 1.10. The Morgan fingerprint density at radius 1 is 0.857 bits per heavy atom. The molecule has 0 nitrogen and oxygen atoms in total. The van der Waals surface area contributed by atoms with Crippen LogP contribution in [0.25, 0.3) is 10.8 Å². The number of alkyl halides is 1. The smallest absolute Gasteiger partial charge is 0.0835 e. The second kappa shape index (κ2) is 6.21. The van der Waals surface area contributed by atoms with Gasteiger partial charge in [0.15, 0.2) is 0 Å². The van der Waals surface area contributed by atoms with E-state index in [4.69, 9.17) is 11.6 Å². The number of halogens is 2. The standard InChI is InChI=1S/C19H16BrCl/c1-2-13-3-5-14(6-4-13)19(21)17-8-7-16-12-18(20)10-9-15(16)11-17/h3-12,19H,2H2,1H3. The molecule has 1 atom stereocenters. The molecule has 2 heteroatoms. The van der Waals surface area contributed by atoms with Crippen LogP contribution in [0.15, 0.2) is 65.1 Å². The first-order valence-electron chi connectivity index (χ1n) is 7.09. The van der Waals surface area contributed by atoms with E-state index >= 15 is 0 Å². The molecule has 3 rings (SSSR count). The third kappa shape index (κ3) is 3.14. The molecule has 0 bridgehead atoms. The Morgan fingerprint density at radius 3 is 2.19 bits per heavy atom. The molecule has 0 spiro atoms. The van der Waals surface area contributed by atoms with E-state index in [0.29, 0.717) is 0 Å². The van der Waals surface area contributed by atoms with E-state index in [1.165, 1.54) is 16.3 Å². The van der Waals surface area contributed by atoms with Crippen molar-refractivity contribution in [2.45, 2.75) is 18.7 Å². The second-order valence-corrected chi connectivity index (χ2v) is 6.56. The number of hydrogen-bond acceptors (Lipinski definition) is 0. The fourth-order valence-electron chi connectivity index (χ4n) is 2.51. The maximum absolute atomic E-state index is 6.65. The lowest BCUT2D eigenvalue weighted by atomic mass is 9.99. The van der Waals surface area contributed by atoms with Gasteiger partial charge in [-0.05, 0) is 52.1 Å². The molecule has 0 saturated carbocycles. The molecule has 0 aliphatic rings. The first-order valence-corrected chi connectivity index (χ1v) is 8.32. The molecule has 0 saturated heterocycles. The first-order chi connectivity index (χ1) is 10.2. The van der Waals surface area contributed by atoms with Gasteiger partial charge in [-0.25, -0.2) is 0 Å². The number of benzene rings is 3. The molecule has 0 heterocycles. The molecule has 1 unspecified atom stereocenters. The van der Waals surface area contributed by atoms with Gasteiger partial charge in [-0.3, -0.25) is 0 Å². The quantitative estimate of drug-likeness (QED) is 0.469. The minimum atomic E-state index is -0.107. The summed E-state index contributed by atoms with van der Waals surface area (Å²) in [5, 5.41) is 2.33. The number of aryl methyl sites for hydroxylation is 1. The average molecular weight is 360 g/mol. The summed E-state index contributed by atoms with van der Waals surface area (Å²) in [7, 11) is 0. The molecule has 0 aliphatic carbocycles. The van der Waals surface area contributed by atoms with E-state index in [1.807, 2.05) is 0 Å². The van der Waals surface area contributed by atoms with Crippen LogP contribution in [0.1, 0.15) is 29.0 Å². The van der Waals surface area contributed by atoms with Crippen molar-refractivity contribution >= 4 is 38.3 Å². The van der Waals surface area contributed by atoms with Gasteiger partial charge in [0.25, 0.3) is 0 Å². The molecular formula is C19H16BrCl. The van der Waals surface area contributed by atoms with Crippen molar-refractivity contribution in [1.82, 2.24) is 0 Å². The van der Waals surface area contributed by atoms with Crippen LogP contribution in [0.3, 0.4) is 0 Å². The molecule has 0 aromatic heterocycles. The highest BCUT2D eigenvalue weighted by molar-refractivity contribution is 9.10. The molecular weight excluding hydrogens is 344 g/mol. The van der Waals surface area contributed by atoms with Crippen LogP contribution in [0.4, 0.5) is 0 Å². The minimum Gasteiger partial charge on any atom is -0.113 e. The summed E-state index contributed by atoms with van der Waals surface area (Å²) in [6, 6.07) is 21.3. The fraction of sp³-hybridized carbons (Fsp3) is 0.158. The van der Waals surface area contributed by atoms with Crippen LogP contribution in [0.5, 0.6) is 0 Å². The lowest BCUT2D eigenvalue weighted by Gasteiger charge is -2.12. The van der Waals surface area contributed by atoms with Crippen molar-refractivity contribution in [2.75, 3.05) is 0 Å². The van der Waals surface area contributed by atoms with E-state index in [2.05, 4.69) is 83.5 Å². The number of hydrogen-bond donors (Lipinski definition) is 0. The predicted molar refractivity (Wildman–Crippen MR) is 95.2 cm³/mol. The largest absolute Gasteiger partial charge is 0.113 e. The van der Waals surface area contributed by atoms with Crippen molar-refractivity contribution in [3.05, 3.63) is 81.8 Å². The zero-order valence-corrected chi connectivity index (χ0v) is 14.2. The zero-order chi connectivity index (χ0) is 14.8. The van der Waals surface area contributed by atoms with Gasteiger partial charge in [-0.1, -0.05) is 65.3 Å². The van der Waals surface area contributed by atoms with Crippen molar-refractivity contribution < 1.29 is 0 Å². The zero-order valence-electron chi connectivity index (χ0n) is 11.8. The van der Waals surface area contributed by atoms with E-state index in [0.717, 1.165) is 22.0 Å². The van der Waals surface area contributed by atoms with Crippen molar-refractivity contribution in [1.29, 1.82) is 0 Å². The Morgan fingerprint density at radius 2 is 1.48 bits per heavy atom. The summed E-state index contributed by atoms with van der Waals surface area (Å²) < 4.78 is 1.10. The van der Waals surface area contributed by atoms with Crippen LogP contribution in [0.2, 0.25) is 0 Å². The second-order valence-electron chi connectivity index (χ2n) is 5.21. The third-order valence-corrected chi connectivity index (χ3v) is 4.80. The van der Waals surface area contributed by atoms with Gasteiger partial charge in [-0.2, -0.15) is 0 Å². The third-order valence-electron chi connectivity index (χ3n) is 3.80. The van der Waals surface area contributed by atoms with E-state index in [-0.39, 0.29) is 5.38 Å². The highest BCUT2D eigenvalue weighted by Gasteiger charge is 2.11. The summed E-state index contributed by atoms with van der Waals surface area (Å²) in [4.78, 5) is 0. The van der Waals surface area contributed by atoms with Crippen LogP contribution in [-0.4, -0.2) is 0 Å². The van der Waals surface area contributed by atoms with Gasteiger partial charge in [0.2, 0.25) is 0 Å².